The van der Waals surface area contributed by atoms with Crippen molar-refractivity contribution < 1.29 is 9.53 Å². The summed E-state index contributed by atoms with van der Waals surface area (Å²) in [6.45, 7) is 11.5. The van der Waals surface area contributed by atoms with Crippen LogP contribution in [-0.2, 0) is 9.53 Å². The summed E-state index contributed by atoms with van der Waals surface area (Å²) in [7, 11) is 0. The minimum Gasteiger partial charge on any atom is -0.462 e. The normalized spacial score (nSPS) is 42.8. The van der Waals surface area contributed by atoms with Crippen LogP contribution in [-0.4, -0.2) is 48.9 Å². The highest BCUT2D eigenvalue weighted by atomic mass is 16.5. The molecule has 0 amide bonds. The van der Waals surface area contributed by atoms with E-state index >= 15 is 0 Å². The van der Waals surface area contributed by atoms with Crippen molar-refractivity contribution in [2.24, 2.45) is 33.6 Å². The maximum atomic E-state index is 11.5. The van der Waals surface area contributed by atoms with Crippen molar-refractivity contribution in [1.82, 2.24) is 4.90 Å². The number of allylic oxidation sites excluding steroid dienone is 1. The summed E-state index contributed by atoms with van der Waals surface area (Å²) in [5.41, 5.74) is 3.80. The predicted molar refractivity (Wildman–Crippen MR) is 130 cm³/mol. The molecule has 0 spiro atoms. The molecule has 3 saturated carbocycles. The molecule has 1 saturated heterocycles. The van der Waals surface area contributed by atoms with Gasteiger partial charge < -0.3 is 9.64 Å². The second-order valence-corrected chi connectivity index (χ2v) is 12.0. The van der Waals surface area contributed by atoms with Gasteiger partial charge in [-0.3, -0.25) is 9.79 Å². The SMILES string of the molecule is CC(=O)OC1CCC2(C)C(=CCC3C2CCC2(C)C(=NCCCN4CCCC4)CCC32)C1. The van der Waals surface area contributed by atoms with E-state index in [0.29, 0.717) is 10.8 Å². The van der Waals surface area contributed by atoms with Crippen molar-refractivity contribution in [2.75, 3.05) is 26.2 Å². The van der Waals surface area contributed by atoms with Gasteiger partial charge in [0, 0.05) is 31.0 Å². The van der Waals surface area contributed by atoms with E-state index in [1.54, 1.807) is 18.2 Å². The summed E-state index contributed by atoms with van der Waals surface area (Å²) < 4.78 is 5.60. The lowest BCUT2D eigenvalue weighted by atomic mass is 9.48. The van der Waals surface area contributed by atoms with Gasteiger partial charge in [0.2, 0.25) is 0 Å². The summed E-state index contributed by atoms with van der Waals surface area (Å²) in [5.74, 6) is 2.29. The average Bonchev–Trinajstić information content (AvgIpc) is 3.38. The number of esters is 1. The highest BCUT2D eigenvalue weighted by Crippen LogP contribution is 2.64. The second kappa shape index (κ2) is 8.89. The van der Waals surface area contributed by atoms with E-state index in [1.807, 2.05) is 0 Å². The molecule has 32 heavy (non-hydrogen) atoms. The Bertz CT molecular complexity index is 782. The number of hydrogen-bond acceptors (Lipinski definition) is 4. The van der Waals surface area contributed by atoms with Gasteiger partial charge in [0.15, 0.2) is 0 Å². The zero-order valence-corrected chi connectivity index (χ0v) is 20.7. The third-order valence-corrected chi connectivity index (χ3v) is 10.3. The predicted octanol–water partition coefficient (Wildman–Crippen LogP) is 5.81. The van der Waals surface area contributed by atoms with Crippen LogP contribution in [0.4, 0.5) is 0 Å². The highest BCUT2D eigenvalue weighted by molar-refractivity contribution is 5.92. The maximum Gasteiger partial charge on any atom is 0.302 e. The Kier molecular flexibility index (Phi) is 6.28. The Morgan fingerprint density at radius 3 is 2.66 bits per heavy atom. The number of fused-ring (bicyclic) bond motifs is 5. The molecule has 1 heterocycles. The van der Waals surface area contributed by atoms with Gasteiger partial charge in [0.25, 0.3) is 0 Å². The van der Waals surface area contributed by atoms with Gasteiger partial charge in [0.1, 0.15) is 6.10 Å². The van der Waals surface area contributed by atoms with Crippen LogP contribution in [0.5, 0.6) is 0 Å². The monoisotopic (exact) mass is 440 g/mol. The molecular weight excluding hydrogens is 396 g/mol. The van der Waals surface area contributed by atoms with Crippen molar-refractivity contribution in [1.29, 1.82) is 0 Å². The molecule has 0 bridgehead atoms. The number of ether oxygens (including phenoxy) is 1. The summed E-state index contributed by atoms with van der Waals surface area (Å²) in [6, 6.07) is 0. The van der Waals surface area contributed by atoms with Gasteiger partial charge in [-0.1, -0.05) is 25.5 Å². The van der Waals surface area contributed by atoms with E-state index in [2.05, 4.69) is 24.8 Å². The van der Waals surface area contributed by atoms with Crippen LogP contribution in [0.2, 0.25) is 0 Å². The first-order valence-corrected chi connectivity index (χ1v) is 13.5. The van der Waals surface area contributed by atoms with Crippen LogP contribution < -0.4 is 0 Å². The molecule has 4 aliphatic carbocycles. The standard InChI is InChI=1S/C28H44N2O2/c1-20(31)32-22-11-13-27(2)21(19-22)7-8-23-24-9-10-26(28(24,3)14-12-25(23)27)29-15-6-18-30-16-4-5-17-30/h7,22-25H,4-6,8-19H2,1-3H3. The molecule has 0 radical (unpaired) electrons. The molecule has 4 heteroatoms. The Morgan fingerprint density at radius 1 is 1.12 bits per heavy atom. The number of rotatable bonds is 5. The molecule has 0 N–H and O–H groups in total. The Labute approximate surface area is 195 Å². The molecule has 5 aliphatic rings. The lowest BCUT2D eigenvalue weighted by Gasteiger charge is -2.57. The Hall–Kier alpha value is -1.16. The van der Waals surface area contributed by atoms with Crippen molar-refractivity contribution >= 4 is 11.7 Å². The van der Waals surface area contributed by atoms with E-state index in [9.17, 15) is 4.79 Å². The van der Waals surface area contributed by atoms with Crippen LogP contribution in [0.15, 0.2) is 16.6 Å². The van der Waals surface area contributed by atoms with Crippen molar-refractivity contribution in [3.8, 4) is 0 Å². The molecule has 1 aliphatic heterocycles. The quantitative estimate of drug-likeness (QED) is 0.308. The largest absolute Gasteiger partial charge is 0.462 e. The molecule has 4 fully saturated rings. The molecule has 0 aromatic heterocycles. The second-order valence-electron chi connectivity index (χ2n) is 12.0. The van der Waals surface area contributed by atoms with E-state index in [4.69, 9.17) is 9.73 Å². The summed E-state index contributed by atoms with van der Waals surface area (Å²) in [4.78, 5) is 19.3. The van der Waals surface area contributed by atoms with Gasteiger partial charge in [-0.2, -0.15) is 0 Å². The van der Waals surface area contributed by atoms with Crippen LogP contribution in [0.3, 0.4) is 0 Å². The number of nitrogens with zero attached hydrogens (tertiary/aromatic N) is 2. The van der Waals surface area contributed by atoms with Gasteiger partial charge in [-0.25, -0.2) is 0 Å². The first-order chi connectivity index (χ1) is 15.4. The minimum atomic E-state index is -0.125. The summed E-state index contributed by atoms with van der Waals surface area (Å²) in [6.07, 6.45) is 16.3. The van der Waals surface area contributed by atoms with Crippen LogP contribution in [0.25, 0.3) is 0 Å². The molecule has 6 unspecified atom stereocenters. The maximum absolute atomic E-state index is 11.5. The zero-order chi connectivity index (χ0) is 22.3. The third-order valence-electron chi connectivity index (χ3n) is 10.3. The third kappa shape index (κ3) is 3.99. The lowest BCUT2D eigenvalue weighted by Crippen LogP contribution is -2.50. The molecule has 6 atom stereocenters. The summed E-state index contributed by atoms with van der Waals surface area (Å²) in [5, 5.41) is 0. The molecule has 0 aromatic carbocycles. The molecular formula is C28H44N2O2. The van der Waals surface area contributed by atoms with Gasteiger partial charge in [-0.15, -0.1) is 0 Å². The minimum absolute atomic E-state index is 0.100. The lowest BCUT2D eigenvalue weighted by molar-refractivity contribution is -0.148. The topological polar surface area (TPSA) is 41.9 Å². The van der Waals surface area contributed by atoms with Gasteiger partial charge >= 0.3 is 5.97 Å². The fourth-order valence-corrected chi connectivity index (χ4v) is 8.53. The molecule has 4 nitrogen and oxygen atoms in total. The van der Waals surface area contributed by atoms with Crippen LogP contribution >= 0.6 is 0 Å². The van der Waals surface area contributed by atoms with Crippen molar-refractivity contribution in [2.45, 2.75) is 97.5 Å². The van der Waals surface area contributed by atoms with Crippen molar-refractivity contribution in [3.05, 3.63) is 11.6 Å². The highest BCUT2D eigenvalue weighted by Gasteiger charge is 2.57. The number of likely N-dealkylation sites (tertiary alicyclic amines) is 1. The number of carbonyl (C=O) groups is 1. The van der Waals surface area contributed by atoms with Gasteiger partial charge in [-0.05, 0) is 107 Å². The smallest absolute Gasteiger partial charge is 0.302 e. The van der Waals surface area contributed by atoms with Gasteiger partial charge in [0.05, 0.1) is 0 Å². The number of aliphatic imine (C=N–C) groups is 1. The first kappa shape index (κ1) is 22.6. The first-order valence-electron chi connectivity index (χ1n) is 13.5. The van der Waals surface area contributed by atoms with Crippen LogP contribution in [0, 0.1) is 28.6 Å². The molecule has 178 valence electrons. The molecule has 0 aromatic rings. The van der Waals surface area contributed by atoms with Crippen molar-refractivity contribution in [3.63, 3.8) is 0 Å². The zero-order valence-electron chi connectivity index (χ0n) is 20.7. The summed E-state index contributed by atoms with van der Waals surface area (Å²) >= 11 is 0. The number of hydrogen-bond donors (Lipinski definition) is 0. The van der Waals surface area contributed by atoms with Crippen LogP contribution in [0.1, 0.15) is 91.4 Å². The van der Waals surface area contributed by atoms with E-state index in [0.717, 1.165) is 37.1 Å². The fourth-order valence-electron chi connectivity index (χ4n) is 8.53. The fraction of sp³-hybridized carbons (Fsp3) is 0.857. The van der Waals surface area contributed by atoms with E-state index < -0.39 is 0 Å². The average molecular weight is 441 g/mol. The van der Waals surface area contributed by atoms with E-state index in [-0.39, 0.29) is 12.1 Å². The number of carbonyl (C=O) groups excluding carboxylic acids is 1. The Balaban J connectivity index is 1.25. The Morgan fingerprint density at radius 2 is 1.88 bits per heavy atom. The molecule has 5 rings (SSSR count). The van der Waals surface area contributed by atoms with E-state index in [1.165, 1.54) is 77.4 Å².